The third-order valence-electron chi connectivity index (χ3n) is 4.38. The third kappa shape index (κ3) is 10.7. The summed E-state index contributed by atoms with van der Waals surface area (Å²) in [6, 6.07) is 0. The van der Waals surface area contributed by atoms with Crippen LogP contribution in [0.4, 0.5) is 0 Å². The molecule has 0 bridgehead atoms. The number of rotatable bonds is 15. The van der Waals surface area contributed by atoms with E-state index in [4.69, 9.17) is 4.84 Å². The lowest BCUT2D eigenvalue weighted by molar-refractivity contribution is -0.246. The molecule has 0 spiro atoms. The van der Waals surface area contributed by atoms with Gasteiger partial charge in [-0.1, -0.05) is 90.4 Å². The van der Waals surface area contributed by atoms with Gasteiger partial charge in [0.05, 0.1) is 6.61 Å². The van der Waals surface area contributed by atoms with Crippen molar-refractivity contribution in [1.82, 2.24) is 5.06 Å². The van der Waals surface area contributed by atoms with Gasteiger partial charge in [0.2, 0.25) is 0 Å². The van der Waals surface area contributed by atoms with Gasteiger partial charge >= 0.3 is 0 Å². The van der Waals surface area contributed by atoms with Crippen molar-refractivity contribution in [3.8, 4) is 0 Å². The Hall–Kier alpha value is -0.0800. The van der Waals surface area contributed by atoms with E-state index in [-0.39, 0.29) is 0 Å². The molecule has 1 heterocycles. The molecule has 20 heavy (non-hydrogen) atoms. The van der Waals surface area contributed by atoms with E-state index in [0.717, 1.165) is 19.7 Å². The lowest BCUT2D eigenvalue weighted by Gasteiger charge is -2.29. The van der Waals surface area contributed by atoms with Gasteiger partial charge in [0.15, 0.2) is 0 Å². The smallest absolute Gasteiger partial charge is 0.0835 e. The van der Waals surface area contributed by atoms with Gasteiger partial charge < -0.3 is 0 Å². The zero-order chi connectivity index (χ0) is 14.3. The van der Waals surface area contributed by atoms with E-state index in [2.05, 4.69) is 12.0 Å². The van der Waals surface area contributed by atoms with E-state index in [1.54, 1.807) is 0 Å². The van der Waals surface area contributed by atoms with Crippen molar-refractivity contribution in [2.75, 3.05) is 19.7 Å². The Labute approximate surface area is 127 Å². The van der Waals surface area contributed by atoms with Gasteiger partial charge in [0, 0.05) is 13.1 Å². The van der Waals surface area contributed by atoms with Crippen LogP contribution in [0.3, 0.4) is 0 Å². The molecule has 0 atom stereocenters. The zero-order valence-corrected chi connectivity index (χ0v) is 13.9. The molecule has 1 aliphatic rings. The first kappa shape index (κ1) is 18.0. The highest BCUT2D eigenvalue weighted by Gasteiger charge is 2.12. The minimum atomic E-state index is 0.943. The van der Waals surface area contributed by atoms with Crippen molar-refractivity contribution >= 4 is 0 Å². The molecule has 0 aromatic rings. The Morgan fingerprint density at radius 2 is 1.05 bits per heavy atom. The predicted octanol–water partition coefficient (Wildman–Crippen LogP) is 5.71. The van der Waals surface area contributed by atoms with Gasteiger partial charge in [-0.25, -0.2) is 0 Å². The Balaban J connectivity index is 1.62. The summed E-state index contributed by atoms with van der Waals surface area (Å²) in [7, 11) is 0. The summed E-state index contributed by atoms with van der Waals surface area (Å²) < 4.78 is 0. The average Bonchev–Trinajstić information content (AvgIpc) is 2.41. The molecule has 0 aromatic carbocycles. The number of hydrogen-bond acceptors (Lipinski definition) is 2. The maximum absolute atomic E-state index is 5.28. The summed E-state index contributed by atoms with van der Waals surface area (Å²) in [6.45, 7) is 5.54. The lowest BCUT2D eigenvalue weighted by Crippen LogP contribution is -2.39. The first-order valence-corrected chi connectivity index (χ1v) is 9.31. The van der Waals surface area contributed by atoms with E-state index >= 15 is 0 Å². The van der Waals surface area contributed by atoms with Crippen LogP contribution in [0.5, 0.6) is 0 Å². The van der Waals surface area contributed by atoms with Gasteiger partial charge in [0.1, 0.15) is 0 Å². The standard InChI is InChI=1S/C18H37NO/c1-2-3-4-5-6-7-8-9-10-11-12-13-14-15-16-19-17-18-20-19/h2-18H2,1H3. The molecule has 0 saturated carbocycles. The van der Waals surface area contributed by atoms with Crippen LogP contribution >= 0.6 is 0 Å². The van der Waals surface area contributed by atoms with Gasteiger partial charge in [0.25, 0.3) is 0 Å². The summed E-state index contributed by atoms with van der Waals surface area (Å²) in [5.74, 6) is 0. The number of unbranched alkanes of at least 4 members (excludes halogenated alkanes) is 13. The van der Waals surface area contributed by atoms with Crippen molar-refractivity contribution in [1.29, 1.82) is 0 Å². The maximum Gasteiger partial charge on any atom is 0.0835 e. The van der Waals surface area contributed by atoms with Crippen LogP contribution in [-0.2, 0) is 4.84 Å². The zero-order valence-electron chi connectivity index (χ0n) is 13.9. The molecule has 2 nitrogen and oxygen atoms in total. The number of nitrogens with zero attached hydrogens (tertiary/aromatic N) is 1. The Morgan fingerprint density at radius 3 is 1.40 bits per heavy atom. The normalized spacial score (nSPS) is 15.4. The van der Waals surface area contributed by atoms with Crippen molar-refractivity contribution in [3.05, 3.63) is 0 Å². The van der Waals surface area contributed by atoms with Crippen molar-refractivity contribution < 1.29 is 4.84 Å². The second kappa shape index (κ2) is 13.9. The highest BCUT2D eigenvalue weighted by atomic mass is 16.7. The molecule has 0 amide bonds. The summed E-state index contributed by atoms with van der Waals surface area (Å²) in [6.07, 6.45) is 20.1. The van der Waals surface area contributed by atoms with E-state index in [9.17, 15) is 0 Å². The topological polar surface area (TPSA) is 12.5 Å². The third-order valence-corrected chi connectivity index (χ3v) is 4.38. The fourth-order valence-corrected chi connectivity index (χ4v) is 2.88. The maximum atomic E-state index is 5.28. The second-order valence-corrected chi connectivity index (χ2v) is 6.36. The van der Waals surface area contributed by atoms with Crippen LogP contribution in [0, 0.1) is 0 Å². The molecule has 1 rings (SSSR count). The quantitative estimate of drug-likeness (QED) is 0.357. The SMILES string of the molecule is CCCCCCCCCCCCCCCCN1CCO1. The molecule has 1 fully saturated rings. The van der Waals surface area contributed by atoms with Crippen LogP contribution in [0.25, 0.3) is 0 Å². The molecule has 1 saturated heterocycles. The molecule has 0 aromatic heterocycles. The first-order chi connectivity index (χ1) is 9.93. The van der Waals surface area contributed by atoms with Crippen molar-refractivity contribution in [2.45, 2.75) is 96.8 Å². The van der Waals surface area contributed by atoms with Crippen molar-refractivity contribution in [3.63, 3.8) is 0 Å². The van der Waals surface area contributed by atoms with Crippen LogP contribution in [-0.4, -0.2) is 24.8 Å². The van der Waals surface area contributed by atoms with Crippen LogP contribution in [0.2, 0.25) is 0 Å². The summed E-state index contributed by atoms with van der Waals surface area (Å²) in [5.41, 5.74) is 0. The van der Waals surface area contributed by atoms with Crippen molar-refractivity contribution in [2.24, 2.45) is 0 Å². The van der Waals surface area contributed by atoms with E-state index < -0.39 is 0 Å². The molecule has 0 N–H and O–H groups in total. The second-order valence-electron chi connectivity index (χ2n) is 6.36. The fraction of sp³-hybridized carbons (Fsp3) is 1.00. The van der Waals surface area contributed by atoms with Crippen LogP contribution < -0.4 is 0 Å². The Morgan fingerprint density at radius 1 is 0.650 bits per heavy atom. The van der Waals surface area contributed by atoms with Gasteiger partial charge in [-0.3, -0.25) is 4.84 Å². The first-order valence-electron chi connectivity index (χ1n) is 9.31. The van der Waals surface area contributed by atoms with E-state index in [1.165, 1.54) is 89.9 Å². The molecule has 0 unspecified atom stereocenters. The van der Waals surface area contributed by atoms with E-state index in [0.29, 0.717) is 0 Å². The van der Waals surface area contributed by atoms with Crippen LogP contribution in [0.15, 0.2) is 0 Å². The van der Waals surface area contributed by atoms with Gasteiger partial charge in [-0.15, -0.1) is 0 Å². The molecule has 2 heteroatoms. The van der Waals surface area contributed by atoms with Gasteiger partial charge in [-0.05, 0) is 6.42 Å². The molecule has 120 valence electrons. The minimum Gasteiger partial charge on any atom is -0.297 e. The van der Waals surface area contributed by atoms with Gasteiger partial charge in [-0.2, -0.15) is 5.06 Å². The fourth-order valence-electron chi connectivity index (χ4n) is 2.88. The highest BCUT2D eigenvalue weighted by molar-refractivity contribution is 4.54. The monoisotopic (exact) mass is 283 g/mol. The number of hydroxylamine groups is 2. The van der Waals surface area contributed by atoms with Crippen LogP contribution in [0.1, 0.15) is 96.8 Å². The predicted molar refractivity (Wildman–Crippen MR) is 87.8 cm³/mol. The summed E-state index contributed by atoms with van der Waals surface area (Å²) in [5, 5.41) is 2.10. The number of hydrogen-bond donors (Lipinski definition) is 0. The lowest BCUT2D eigenvalue weighted by atomic mass is 10.0. The molecule has 0 aliphatic carbocycles. The molecular weight excluding hydrogens is 246 g/mol. The molecular formula is C18H37NO. The highest BCUT2D eigenvalue weighted by Crippen LogP contribution is 2.13. The average molecular weight is 283 g/mol. The Bertz CT molecular complexity index is 192. The molecule has 1 aliphatic heterocycles. The minimum absolute atomic E-state index is 0.943. The Kier molecular flexibility index (Phi) is 12.5. The summed E-state index contributed by atoms with van der Waals surface area (Å²) >= 11 is 0. The largest absolute Gasteiger partial charge is 0.297 e. The summed E-state index contributed by atoms with van der Waals surface area (Å²) in [4.78, 5) is 5.28. The van der Waals surface area contributed by atoms with E-state index in [1.807, 2.05) is 0 Å². The molecule has 0 radical (unpaired) electrons.